The van der Waals surface area contributed by atoms with Crippen LogP contribution in [0.4, 0.5) is 0 Å². The highest BCUT2D eigenvalue weighted by Gasteiger charge is 2.23. The first-order valence-electron chi connectivity index (χ1n) is 8.98. The summed E-state index contributed by atoms with van der Waals surface area (Å²) in [4.78, 5) is 19.2. The first-order valence-corrected chi connectivity index (χ1v) is 8.98. The third-order valence-electron chi connectivity index (χ3n) is 5.10. The van der Waals surface area contributed by atoms with E-state index in [2.05, 4.69) is 21.7 Å². The van der Waals surface area contributed by atoms with Gasteiger partial charge in [-0.15, -0.1) is 0 Å². The van der Waals surface area contributed by atoms with Gasteiger partial charge in [-0.2, -0.15) is 0 Å². The number of aliphatic hydroxyl groups is 1. The molecule has 1 atom stereocenters. The van der Waals surface area contributed by atoms with Gasteiger partial charge in [-0.25, -0.2) is 0 Å². The molecule has 0 aromatic rings. The van der Waals surface area contributed by atoms with Crippen LogP contribution in [-0.4, -0.2) is 85.2 Å². The van der Waals surface area contributed by atoms with Crippen molar-refractivity contribution in [2.24, 2.45) is 5.92 Å². The Hall–Kier alpha value is -0.650. The van der Waals surface area contributed by atoms with Crippen molar-refractivity contribution in [1.29, 1.82) is 0 Å². The molecule has 0 saturated carbocycles. The normalized spacial score (nSPS) is 24.6. The van der Waals surface area contributed by atoms with Crippen LogP contribution in [0.25, 0.3) is 0 Å². The molecule has 0 bridgehead atoms. The smallest absolute Gasteiger partial charge is 0.222 e. The van der Waals surface area contributed by atoms with Crippen LogP contribution in [0.3, 0.4) is 0 Å². The predicted molar refractivity (Wildman–Crippen MR) is 88.8 cm³/mol. The number of carbonyl (C=O) groups excluding carboxylic acids is 1. The van der Waals surface area contributed by atoms with Gasteiger partial charge in [0, 0.05) is 45.8 Å². The Morgan fingerprint density at radius 3 is 2.59 bits per heavy atom. The van der Waals surface area contributed by atoms with Crippen molar-refractivity contribution in [3.05, 3.63) is 0 Å². The Morgan fingerprint density at radius 2 is 1.91 bits per heavy atom. The number of unbranched alkanes of at least 4 members (excludes halogenated alkanes) is 1. The van der Waals surface area contributed by atoms with Gasteiger partial charge in [0.05, 0.1) is 0 Å². The van der Waals surface area contributed by atoms with Gasteiger partial charge in [0.2, 0.25) is 5.91 Å². The highest BCUT2D eigenvalue weighted by molar-refractivity contribution is 5.76. The Balaban J connectivity index is 1.60. The van der Waals surface area contributed by atoms with Crippen LogP contribution in [0, 0.1) is 5.92 Å². The van der Waals surface area contributed by atoms with Gasteiger partial charge in [-0.1, -0.05) is 0 Å². The summed E-state index contributed by atoms with van der Waals surface area (Å²) >= 11 is 0. The summed E-state index contributed by atoms with van der Waals surface area (Å²) in [5, 5.41) is 8.82. The highest BCUT2D eigenvalue weighted by atomic mass is 16.2. The van der Waals surface area contributed by atoms with Crippen LogP contribution in [0.2, 0.25) is 0 Å². The van der Waals surface area contributed by atoms with E-state index in [4.69, 9.17) is 5.11 Å². The molecule has 0 spiro atoms. The minimum atomic E-state index is 0.287. The molecule has 2 aliphatic heterocycles. The molecule has 5 heteroatoms. The molecule has 1 unspecified atom stereocenters. The number of aliphatic hydroxyl groups excluding tert-OH is 1. The lowest BCUT2D eigenvalue weighted by Gasteiger charge is -2.35. The van der Waals surface area contributed by atoms with Gasteiger partial charge in [-0.05, 0) is 58.2 Å². The Kier molecular flexibility index (Phi) is 7.63. The number of likely N-dealkylation sites (tertiary alicyclic amines) is 1. The van der Waals surface area contributed by atoms with Crippen LogP contribution in [0.1, 0.15) is 38.5 Å². The Bertz CT molecular complexity index is 330. The zero-order valence-corrected chi connectivity index (χ0v) is 14.2. The quantitative estimate of drug-likeness (QED) is 0.713. The molecule has 2 saturated heterocycles. The second kappa shape index (κ2) is 9.48. The minimum absolute atomic E-state index is 0.287. The number of amides is 1. The van der Waals surface area contributed by atoms with Crippen molar-refractivity contribution >= 4 is 5.91 Å². The second-order valence-corrected chi connectivity index (χ2v) is 6.96. The van der Waals surface area contributed by atoms with Crippen LogP contribution in [-0.2, 0) is 4.79 Å². The molecule has 0 aromatic carbocycles. The number of nitrogens with zero attached hydrogens (tertiary/aromatic N) is 3. The topological polar surface area (TPSA) is 47.0 Å². The summed E-state index contributed by atoms with van der Waals surface area (Å²) in [6.07, 6.45) is 6.29. The van der Waals surface area contributed by atoms with Gasteiger partial charge in [-0.3, -0.25) is 9.69 Å². The standard InChI is InChI=1S/C17H33N3O2/c1-18-8-4-5-16(15-18)6-7-17(22)20-12-10-19(11-13-20)9-2-3-14-21/h16,21H,2-15H2,1H3. The molecule has 1 N–H and O–H groups in total. The number of carbonyl (C=O) groups is 1. The van der Waals surface area contributed by atoms with Crippen molar-refractivity contribution < 1.29 is 9.90 Å². The molecule has 22 heavy (non-hydrogen) atoms. The third kappa shape index (κ3) is 5.86. The summed E-state index contributed by atoms with van der Waals surface area (Å²) < 4.78 is 0. The second-order valence-electron chi connectivity index (χ2n) is 6.96. The first-order chi connectivity index (χ1) is 10.7. The lowest BCUT2D eigenvalue weighted by molar-refractivity contribution is -0.133. The summed E-state index contributed by atoms with van der Waals surface area (Å²) in [6, 6.07) is 0. The van der Waals surface area contributed by atoms with E-state index in [-0.39, 0.29) is 6.61 Å². The summed E-state index contributed by atoms with van der Waals surface area (Å²) in [6.45, 7) is 7.44. The largest absolute Gasteiger partial charge is 0.396 e. The average molecular weight is 311 g/mol. The van der Waals surface area contributed by atoms with Crippen LogP contribution in [0.15, 0.2) is 0 Å². The lowest BCUT2D eigenvalue weighted by Crippen LogP contribution is -2.49. The molecule has 2 fully saturated rings. The lowest BCUT2D eigenvalue weighted by atomic mass is 9.93. The van der Waals surface area contributed by atoms with Crippen molar-refractivity contribution in [2.45, 2.75) is 38.5 Å². The minimum Gasteiger partial charge on any atom is -0.396 e. The molecule has 0 aromatic heterocycles. The molecule has 2 rings (SSSR count). The maximum atomic E-state index is 12.4. The van der Waals surface area contributed by atoms with Crippen molar-refractivity contribution in [3.63, 3.8) is 0 Å². The zero-order chi connectivity index (χ0) is 15.8. The number of piperazine rings is 1. The molecule has 0 radical (unpaired) electrons. The fourth-order valence-electron chi connectivity index (χ4n) is 3.66. The van der Waals surface area contributed by atoms with E-state index in [1.54, 1.807) is 0 Å². The van der Waals surface area contributed by atoms with Gasteiger partial charge < -0.3 is 14.9 Å². The number of piperidine rings is 1. The SMILES string of the molecule is CN1CCCC(CCC(=O)N2CCN(CCCCO)CC2)C1. The van der Waals surface area contributed by atoms with Gasteiger partial charge in [0.25, 0.3) is 0 Å². The molecule has 2 aliphatic rings. The van der Waals surface area contributed by atoms with E-state index in [0.717, 1.165) is 65.0 Å². The Morgan fingerprint density at radius 1 is 1.14 bits per heavy atom. The maximum Gasteiger partial charge on any atom is 0.222 e. The van der Waals surface area contributed by atoms with Crippen molar-refractivity contribution in [1.82, 2.24) is 14.7 Å². The molecule has 128 valence electrons. The van der Waals surface area contributed by atoms with Crippen molar-refractivity contribution in [2.75, 3.05) is 59.5 Å². The zero-order valence-electron chi connectivity index (χ0n) is 14.2. The molecule has 0 aliphatic carbocycles. The molecular formula is C17H33N3O2. The van der Waals surface area contributed by atoms with Crippen molar-refractivity contribution in [3.8, 4) is 0 Å². The summed E-state index contributed by atoms with van der Waals surface area (Å²) in [5.74, 6) is 1.06. The maximum absolute atomic E-state index is 12.4. The van der Waals surface area contributed by atoms with E-state index >= 15 is 0 Å². The Labute approximate surface area is 135 Å². The van der Waals surface area contributed by atoms with Gasteiger partial charge >= 0.3 is 0 Å². The van der Waals surface area contributed by atoms with E-state index in [1.807, 2.05) is 0 Å². The fourth-order valence-corrected chi connectivity index (χ4v) is 3.66. The molecular weight excluding hydrogens is 278 g/mol. The summed E-state index contributed by atoms with van der Waals surface area (Å²) in [5.41, 5.74) is 0. The number of hydrogen-bond donors (Lipinski definition) is 1. The van der Waals surface area contributed by atoms with Gasteiger partial charge in [0.1, 0.15) is 0 Å². The van der Waals surface area contributed by atoms with Gasteiger partial charge in [0.15, 0.2) is 0 Å². The van der Waals surface area contributed by atoms with Crippen LogP contribution < -0.4 is 0 Å². The van der Waals surface area contributed by atoms with Crippen LogP contribution >= 0.6 is 0 Å². The number of hydrogen-bond acceptors (Lipinski definition) is 4. The average Bonchev–Trinajstić information content (AvgIpc) is 2.54. The van der Waals surface area contributed by atoms with E-state index in [0.29, 0.717) is 11.8 Å². The molecule has 5 nitrogen and oxygen atoms in total. The summed E-state index contributed by atoms with van der Waals surface area (Å²) in [7, 11) is 2.18. The van der Waals surface area contributed by atoms with Crippen LogP contribution in [0.5, 0.6) is 0 Å². The predicted octanol–water partition coefficient (Wildman–Crippen LogP) is 1.03. The first kappa shape index (κ1) is 17.7. The number of rotatable bonds is 7. The molecule has 1 amide bonds. The monoisotopic (exact) mass is 311 g/mol. The van der Waals surface area contributed by atoms with E-state index in [1.165, 1.54) is 19.4 Å². The molecule has 2 heterocycles. The highest BCUT2D eigenvalue weighted by Crippen LogP contribution is 2.20. The third-order valence-corrected chi connectivity index (χ3v) is 5.10. The fraction of sp³-hybridized carbons (Fsp3) is 0.941. The van der Waals surface area contributed by atoms with E-state index < -0.39 is 0 Å². The van der Waals surface area contributed by atoms with E-state index in [9.17, 15) is 4.79 Å².